The van der Waals surface area contributed by atoms with E-state index in [1.807, 2.05) is 44.2 Å². The first-order chi connectivity index (χ1) is 18.7. The minimum absolute atomic E-state index is 0.0248. The van der Waals surface area contributed by atoms with Crippen LogP contribution in [0.15, 0.2) is 83.8 Å². The zero-order valence-electron chi connectivity index (χ0n) is 22.0. The van der Waals surface area contributed by atoms with E-state index in [1.165, 1.54) is 35.2 Å². The van der Waals surface area contributed by atoms with Crippen LogP contribution in [0.5, 0.6) is 0 Å². The fourth-order valence-corrected chi connectivity index (χ4v) is 5.87. The Labute approximate surface area is 240 Å². The first-order valence-electron chi connectivity index (χ1n) is 12.8. The molecule has 208 valence electrons. The maximum Gasteiger partial charge on any atom is 0.264 e. The largest absolute Gasteiger partial charge is 0.354 e. The van der Waals surface area contributed by atoms with E-state index in [4.69, 9.17) is 23.2 Å². The normalized spacial score (nSPS) is 12.0. The number of rotatable bonds is 13. The van der Waals surface area contributed by atoms with E-state index >= 15 is 0 Å². The van der Waals surface area contributed by atoms with Crippen LogP contribution in [0, 0.1) is 0 Å². The Morgan fingerprint density at radius 3 is 2.21 bits per heavy atom. The molecule has 0 aliphatic heterocycles. The van der Waals surface area contributed by atoms with E-state index in [0.29, 0.717) is 29.4 Å². The van der Waals surface area contributed by atoms with Crippen molar-refractivity contribution in [2.24, 2.45) is 0 Å². The summed E-state index contributed by atoms with van der Waals surface area (Å²) in [7, 11) is -4.18. The van der Waals surface area contributed by atoms with Crippen molar-refractivity contribution in [3.8, 4) is 0 Å². The third kappa shape index (κ3) is 8.21. The van der Waals surface area contributed by atoms with Gasteiger partial charge in [0.1, 0.15) is 12.6 Å². The van der Waals surface area contributed by atoms with Crippen molar-refractivity contribution < 1.29 is 18.0 Å². The predicted octanol–water partition coefficient (Wildman–Crippen LogP) is 5.56. The first-order valence-corrected chi connectivity index (χ1v) is 15.0. The highest BCUT2D eigenvalue weighted by Gasteiger charge is 2.33. The number of nitrogens with zero attached hydrogens (tertiary/aromatic N) is 2. The van der Waals surface area contributed by atoms with Crippen molar-refractivity contribution in [2.45, 2.75) is 44.0 Å². The molecule has 0 fully saturated rings. The number of halogens is 2. The maximum atomic E-state index is 13.9. The minimum atomic E-state index is -4.18. The number of hydrogen-bond donors (Lipinski definition) is 1. The lowest BCUT2D eigenvalue weighted by Crippen LogP contribution is -2.53. The van der Waals surface area contributed by atoms with E-state index in [9.17, 15) is 18.0 Å². The molecule has 0 bridgehead atoms. The van der Waals surface area contributed by atoms with Crippen LogP contribution in [0.25, 0.3) is 0 Å². The highest BCUT2D eigenvalue weighted by Crippen LogP contribution is 2.27. The van der Waals surface area contributed by atoms with Gasteiger partial charge in [-0.1, -0.05) is 73.4 Å². The van der Waals surface area contributed by atoms with Crippen LogP contribution in [-0.4, -0.2) is 50.8 Å². The number of sulfonamides is 1. The topological polar surface area (TPSA) is 86.8 Å². The number of carbonyl (C=O) groups is 2. The zero-order valence-corrected chi connectivity index (χ0v) is 24.3. The third-order valence-electron chi connectivity index (χ3n) is 6.20. The van der Waals surface area contributed by atoms with E-state index in [2.05, 4.69) is 5.32 Å². The second-order valence-electron chi connectivity index (χ2n) is 8.98. The summed E-state index contributed by atoms with van der Waals surface area (Å²) in [5.41, 5.74) is 1.23. The summed E-state index contributed by atoms with van der Waals surface area (Å²) >= 11 is 12.2. The molecule has 0 unspecified atom stereocenters. The molecule has 0 aromatic heterocycles. The summed E-state index contributed by atoms with van der Waals surface area (Å²) < 4.78 is 28.6. The zero-order chi connectivity index (χ0) is 28.4. The Morgan fingerprint density at radius 2 is 1.59 bits per heavy atom. The average Bonchev–Trinajstić information content (AvgIpc) is 2.93. The van der Waals surface area contributed by atoms with Gasteiger partial charge < -0.3 is 10.2 Å². The van der Waals surface area contributed by atoms with Crippen LogP contribution >= 0.6 is 23.2 Å². The van der Waals surface area contributed by atoms with Crippen molar-refractivity contribution >= 4 is 50.7 Å². The van der Waals surface area contributed by atoms with Crippen LogP contribution in [0.2, 0.25) is 10.0 Å². The van der Waals surface area contributed by atoms with Crippen LogP contribution in [0.3, 0.4) is 0 Å². The molecule has 3 aromatic carbocycles. The van der Waals surface area contributed by atoms with Gasteiger partial charge in [-0.3, -0.25) is 13.9 Å². The number of amides is 2. The van der Waals surface area contributed by atoms with Crippen molar-refractivity contribution in [2.75, 3.05) is 23.9 Å². The van der Waals surface area contributed by atoms with Crippen LogP contribution in [0.4, 0.5) is 5.69 Å². The Bertz CT molecular complexity index is 1350. The van der Waals surface area contributed by atoms with Gasteiger partial charge in [-0.15, -0.1) is 0 Å². The Hall–Kier alpha value is -3.07. The quantitative estimate of drug-likeness (QED) is 0.282. The van der Waals surface area contributed by atoms with Gasteiger partial charge in [0, 0.05) is 23.1 Å². The summed E-state index contributed by atoms with van der Waals surface area (Å²) in [6, 6.07) is 20.9. The smallest absolute Gasteiger partial charge is 0.264 e. The summed E-state index contributed by atoms with van der Waals surface area (Å²) in [5, 5.41) is 3.58. The molecule has 3 rings (SSSR count). The highest BCUT2D eigenvalue weighted by atomic mass is 35.5. The van der Waals surface area contributed by atoms with Gasteiger partial charge in [0.25, 0.3) is 10.0 Å². The molecule has 1 N–H and O–H groups in total. The first kappa shape index (κ1) is 30.5. The number of hydrogen-bond acceptors (Lipinski definition) is 4. The number of anilines is 1. The van der Waals surface area contributed by atoms with Gasteiger partial charge in [0.2, 0.25) is 11.8 Å². The Morgan fingerprint density at radius 1 is 0.897 bits per heavy atom. The minimum Gasteiger partial charge on any atom is -0.354 e. The summed E-state index contributed by atoms with van der Waals surface area (Å²) in [4.78, 5) is 28.5. The molecule has 0 spiro atoms. The standard InChI is InChI=1S/C29H33Cl2N3O4S/c1-3-18-32-29(36)27(4-2)33(19-17-22-9-6-5-7-10-22)28(35)21-34(25-12-8-11-24(31)20-25)39(37,38)26-15-13-23(30)14-16-26/h5-16,20,27H,3-4,17-19,21H2,1-2H3,(H,32,36)/t27-/m1/s1. The van der Waals surface area contributed by atoms with Crippen molar-refractivity contribution in [3.05, 3.63) is 94.5 Å². The summed E-state index contributed by atoms with van der Waals surface area (Å²) in [6.07, 6.45) is 1.63. The number of benzene rings is 3. The van der Waals surface area contributed by atoms with Crippen molar-refractivity contribution in [1.82, 2.24) is 10.2 Å². The molecule has 0 heterocycles. The molecule has 7 nitrogen and oxygen atoms in total. The SMILES string of the molecule is CCCNC(=O)[C@@H](CC)N(CCc1ccccc1)C(=O)CN(c1cccc(Cl)c1)S(=O)(=O)c1ccc(Cl)cc1. The van der Waals surface area contributed by atoms with Crippen molar-refractivity contribution in [3.63, 3.8) is 0 Å². The molecule has 0 aliphatic carbocycles. The average molecular weight is 591 g/mol. The van der Waals surface area contributed by atoms with E-state index < -0.39 is 28.5 Å². The second-order valence-corrected chi connectivity index (χ2v) is 11.7. The molecule has 0 saturated carbocycles. The fourth-order valence-electron chi connectivity index (χ4n) is 4.16. The monoisotopic (exact) mass is 589 g/mol. The van der Waals surface area contributed by atoms with Crippen LogP contribution in [-0.2, 0) is 26.0 Å². The second kappa shape index (κ2) is 14.4. The van der Waals surface area contributed by atoms with Gasteiger partial charge in [0.05, 0.1) is 10.6 Å². The van der Waals surface area contributed by atoms with E-state index in [1.54, 1.807) is 18.2 Å². The molecule has 39 heavy (non-hydrogen) atoms. The fraction of sp³-hybridized carbons (Fsp3) is 0.310. The van der Waals surface area contributed by atoms with Gasteiger partial charge >= 0.3 is 0 Å². The summed E-state index contributed by atoms with van der Waals surface area (Å²) in [6.45, 7) is 3.99. The van der Waals surface area contributed by atoms with Crippen molar-refractivity contribution in [1.29, 1.82) is 0 Å². The third-order valence-corrected chi connectivity index (χ3v) is 8.47. The van der Waals surface area contributed by atoms with Gasteiger partial charge in [-0.2, -0.15) is 0 Å². The van der Waals surface area contributed by atoms with E-state index in [0.717, 1.165) is 16.3 Å². The highest BCUT2D eigenvalue weighted by molar-refractivity contribution is 7.92. The van der Waals surface area contributed by atoms with Crippen LogP contribution < -0.4 is 9.62 Å². The lowest BCUT2D eigenvalue weighted by Gasteiger charge is -2.33. The number of nitrogens with one attached hydrogen (secondary N) is 1. The Balaban J connectivity index is 2.00. The molecule has 1 atom stereocenters. The lowest BCUT2D eigenvalue weighted by atomic mass is 10.1. The maximum absolute atomic E-state index is 13.9. The molecule has 2 amide bonds. The molecule has 10 heteroatoms. The lowest BCUT2D eigenvalue weighted by molar-refractivity contribution is -0.139. The molecule has 0 radical (unpaired) electrons. The molecular weight excluding hydrogens is 557 g/mol. The van der Waals surface area contributed by atoms with E-state index in [-0.39, 0.29) is 23.0 Å². The Kier molecular flexibility index (Phi) is 11.2. The predicted molar refractivity (Wildman–Crippen MR) is 157 cm³/mol. The number of carbonyl (C=O) groups excluding carboxylic acids is 2. The van der Waals surface area contributed by atoms with Crippen LogP contribution in [0.1, 0.15) is 32.3 Å². The molecule has 0 saturated heterocycles. The van der Waals surface area contributed by atoms with Gasteiger partial charge in [0.15, 0.2) is 0 Å². The van der Waals surface area contributed by atoms with Gasteiger partial charge in [-0.05, 0) is 67.3 Å². The molecular formula is C29H33Cl2N3O4S. The van der Waals surface area contributed by atoms with Gasteiger partial charge in [-0.25, -0.2) is 8.42 Å². The molecule has 0 aliphatic rings. The molecule has 3 aromatic rings. The summed E-state index contributed by atoms with van der Waals surface area (Å²) in [5.74, 6) is -0.766.